The summed E-state index contributed by atoms with van der Waals surface area (Å²) < 4.78 is 0. The van der Waals surface area contributed by atoms with Crippen LogP contribution in [0.3, 0.4) is 0 Å². The monoisotopic (exact) mass is 133 g/mol. The molecule has 1 rings (SSSR count). The van der Waals surface area contributed by atoms with Gasteiger partial charge < -0.3 is 5.11 Å². The fourth-order valence-corrected chi connectivity index (χ4v) is 1.77. The maximum atomic E-state index is 8.60. The smallest absolute Gasteiger partial charge is 0.0963 e. The van der Waals surface area contributed by atoms with Crippen molar-refractivity contribution in [3.63, 3.8) is 0 Å². The molecule has 1 fully saturated rings. The first-order valence-corrected chi connectivity index (χ1v) is 3.82. The van der Waals surface area contributed by atoms with Gasteiger partial charge in [0.2, 0.25) is 0 Å². The highest BCUT2D eigenvalue weighted by Crippen LogP contribution is 2.20. The summed E-state index contributed by atoms with van der Waals surface area (Å²) in [5, 5.41) is 9.31. The number of aliphatic hydroxyl groups is 1. The maximum Gasteiger partial charge on any atom is 0.0963 e. The van der Waals surface area contributed by atoms with Crippen LogP contribution in [-0.4, -0.2) is 34.4 Å². The summed E-state index contributed by atoms with van der Waals surface area (Å²) in [6.45, 7) is 3.44. The Labute approximate surface area is 53.9 Å². The van der Waals surface area contributed by atoms with Gasteiger partial charge in [-0.05, 0) is 0 Å². The first-order chi connectivity index (χ1) is 3.83. The first kappa shape index (κ1) is 6.39. The number of thioether (sulfide) groups is 1. The Morgan fingerprint density at radius 1 is 1.88 bits per heavy atom. The van der Waals surface area contributed by atoms with Gasteiger partial charge in [-0.3, -0.25) is 4.90 Å². The zero-order chi connectivity index (χ0) is 5.98. The molecule has 1 unspecified atom stereocenters. The lowest BCUT2D eigenvalue weighted by molar-refractivity contribution is 0.135. The highest BCUT2D eigenvalue weighted by Gasteiger charge is 2.16. The summed E-state index contributed by atoms with van der Waals surface area (Å²) in [6, 6.07) is 0. The van der Waals surface area contributed by atoms with Crippen LogP contribution in [0.15, 0.2) is 0 Å². The van der Waals surface area contributed by atoms with Crippen LogP contribution in [0.25, 0.3) is 0 Å². The molecule has 1 atom stereocenters. The van der Waals surface area contributed by atoms with E-state index in [2.05, 4.69) is 6.92 Å². The Hall–Kier alpha value is 0.270. The van der Waals surface area contributed by atoms with E-state index in [4.69, 9.17) is 5.11 Å². The van der Waals surface area contributed by atoms with Crippen molar-refractivity contribution >= 4 is 11.8 Å². The average Bonchev–Trinajstić information content (AvgIpc) is 2.14. The minimum atomic E-state index is 0.220. The quantitative estimate of drug-likeness (QED) is 0.557. The van der Waals surface area contributed by atoms with Gasteiger partial charge in [-0.1, -0.05) is 6.92 Å². The van der Waals surface area contributed by atoms with Gasteiger partial charge in [-0.15, -0.1) is 11.8 Å². The Morgan fingerprint density at radius 2 is 2.62 bits per heavy atom. The molecule has 1 saturated heterocycles. The Bertz CT molecular complexity index is 78.8. The van der Waals surface area contributed by atoms with Gasteiger partial charge >= 0.3 is 0 Å². The van der Waals surface area contributed by atoms with Gasteiger partial charge in [0.05, 0.1) is 6.73 Å². The molecule has 1 heterocycles. The lowest BCUT2D eigenvalue weighted by atomic mass is 10.4. The van der Waals surface area contributed by atoms with Crippen molar-refractivity contribution in [2.45, 2.75) is 12.2 Å². The molecule has 0 aliphatic carbocycles. The molecule has 3 heteroatoms. The molecular weight excluding hydrogens is 122 g/mol. The van der Waals surface area contributed by atoms with Crippen molar-refractivity contribution in [3.8, 4) is 0 Å². The zero-order valence-corrected chi connectivity index (χ0v) is 5.82. The molecule has 2 nitrogen and oxygen atoms in total. The summed E-state index contributed by atoms with van der Waals surface area (Å²) in [6.07, 6.45) is 0. The fourth-order valence-electron chi connectivity index (χ4n) is 0.800. The third kappa shape index (κ3) is 1.37. The van der Waals surface area contributed by atoms with E-state index in [9.17, 15) is 0 Å². The van der Waals surface area contributed by atoms with Crippen LogP contribution in [0.1, 0.15) is 6.92 Å². The Balaban J connectivity index is 2.22. The first-order valence-electron chi connectivity index (χ1n) is 2.77. The van der Waals surface area contributed by atoms with E-state index >= 15 is 0 Å². The highest BCUT2D eigenvalue weighted by molar-refractivity contribution is 8.00. The lowest BCUT2D eigenvalue weighted by Gasteiger charge is -2.07. The van der Waals surface area contributed by atoms with E-state index in [1.54, 1.807) is 0 Å². The molecule has 0 aromatic rings. The third-order valence-electron chi connectivity index (χ3n) is 1.26. The van der Waals surface area contributed by atoms with E-state index in [1.165, 1.54) is 0 Å². The van der Waals surface area contributed by atoms with Crippen LogP contribution in [0.5, 0.6) is 0 Å². The minimum Gasteiger partial charge on any atom is -0.381 e. The van der Waals surface area contributed by atoms with Crippen LogP contribution in [0.2, 0.25) is 0 Å². The molecule has 1 N–H and O–H groups in total. The largest absolute Gasteiger partial charge is 0.381 e. The molecule has 0 radical (unpaired) electrons. The lowest BCUT2D eigenvalue weighted by Crippen LogP contribution is -2.21. The topological polar surface area (TPSA) is 23.5 Å². The van der Waals surface area contributed by atoms with E-state index in [0.717, 1.165) is 12.4 Å². The van der Waals surface area contributed by atoms with Gasteiger partial charge in [-0.25, -0.2) is 0 Å². The zero-order valence-electron chi connectivity index (χ0n) is 5.00. The Kier molecular flexibility index (Phi) is 2.16. The van der Waals surface area contributed by atoms with Crippen molar-refractivity contribution < 1.29 is 5.11 Å². The molecule has 1 aliphatic heterocycles. The standard InChI is InChI=1S/C5H11NOS/c1-5-2-6(3-7)4-8-5/h5,7H,2-4H2,1H3. The van der Waals surface area contributed by atoms with Gasteiger partial charge in [0.15, 0.2) is 0 Å². The molecule has 0 aromatic heterocycles. The fraction of sp³-hybridized carbons (Fsp3) is 1.00. The normalized spacial score (nSPS) is 31.5. The second kappa shape index (κ2) is 2.71. The SMILES string of the molecule is CC1CN(CO)CS1. The average molecular weight is 133 g/mol. The third-order valence-corrected chi connectivity index (χ3v) is 2.49. The van der Waals surface area contributed by atoms with Gasteiger partial charge in [0, 0.05) is 17.7 Å². The van der Waals surface area contributed by atoms with Crippen molar-refractivity contribution in [2.75, 3.05) is 19.2 Å². The van der Waals surface area contributed by atoms with Crippen LogP contribution in [-0.2, 0) is 0 Å². The van der Waals surface area contributed by atoms with Crippen molar-refractivity contribution in [2.24, 2.45) is 0 Å². The molecule has 0 spiro atoms. The van der Waals surface area contributed by atoms with Crippen LogP contribution < -0.4 is 0 Å². The summed E-state index contributed by atoms with van der Waals surface area (Å²) >= 11 is 1.90. The second-order valence-corrected chi connectivity index (χ2v) is 3.50. The van der Waals surface area contributed by atoms with Crippen LogP contribution in [0, 0.1) is 0 Å². The van der Waals surface area contributed by atoms with E-state index in [1.807, 2.05) is 16.7 Å². The van der Waals surface area contributed by atoms with Gasteiger partial charge in [0.25, 0.3) is 0 Å². The molecule has 48 valence electrons. The summed E-state index contributed by atoms with van der Waals surface area (Å²) in [7, 11) is 0. The van der Waals surface area contributed by atoms with Gasteiger partial charge in [-0.2, -0.15) is 0 Å². The summed E-state index contributed by atoms with van der Waals surface area (Å²) in [5.41, 5.74) is 0. The number of hydrogen-bond acceptors (Lipinski definition) is 3. The minimum absolute atomic E-state index is 0.220. The van der Waals surface area contributed by atoms with Crippen molar-refractivity contribution in [3.05, 3.63) is 0 Å². The summed E-state index contributed by atoms with van der Waals surface area (Å²) in [5.74, 6) is 0.998. The van der Waals surface area contributed by atoms with E-state index < -0.39 is 0 Å². The molecule has 0 bridgehead atoms. The van der Waals surface area contributed by atoms with Crippen LogP contribution >= 0.6 is 11.8 Å². The van der Waals surface area contributed by atoms with E-state index in [0.29, 0.717) is 5.25 Å². The number of hydrogen-bond donors (Lipinski definition) is 1. The second-order valence-electron chi connectivity index (χ2n) is 2.10. The molecule has 0 amide bonds. The summed E-state index contributed by atoms with van der Waals surface area (Å²) in [4.78, 5) is 2.02. The van der Waals surface area contributed by atoms with Crippen molar-refractivity contribution in [1.29, 1.82) is 0 Å². The molecule has 0 aromatic carbocycles. The molecular formula is C5H11NOS. The highest BCUT2D eigenvalue weighted by atomic mass is 32.2. The maximum absolute atomic E-state index is 8.60. The molecule has 0 saturated carbocycles. The number of aliphatic hydroxyl groups excluding tert-OH is 1. The molecule has 8 heavy (non-hydrogen) atoms. The molecule has 1 aliphatic rings. The predicted molar refractivity (Wildman–Crippen MR) is 35.7 cm³/mol. The van der Waals surface area contributed by atoms with E-state index in [-0.39, 0.29) is 6.73 Å². The number of nitrogens with zero attached hydrogens (tertiary/aromatic N) is 1. The predicted octanol–water partition coefficient (Wildman–Crippen LogP) is 0.331. The Morgan fingerprint density at radius 3 is 2.88 bits per heavy atom. The van der Waals surface area contributed by atoms with Gasteiger partial charge in [0.1, 0.15) is 0 Å². The number of rotatable bonds is 1. The van der Waals surface area contributed by atoms with Crippen molar-refractivity contribution in [1.82, 2.24) is 4.90 Å². The van der Waals surface area contributed by atoms with Crippen LogP contribution in [0.4, 0.5) is 0 Å².